The highest BCUT2D eigenvalue weighted by Gasteiger charge is 2.04. The van der Waals surface area contributed by atoms with Crippen LogP contribution in [0.25, 0.3) is 0 Å². The summed E-state index contributed by atoms with van der Waals surface area (Å²) < 4.78 is 11.2. The molecule has 3 rings (SSSR count). The molecule has 0 bridgehead atoms. The third-order valence-corrected chi connectivity index (χ3v) is 2.47. The molecule has 0 aliphatic rings. The van der Waals surface area contributed by atoms with E-state index in [2.05, 4.69) is 10.2 Å². The second kappa shape index (κ2) is 5.27. The molecule has 2 aromatic carbocycles. The molecule has 0 aliphatic heterocycles. The van der Waals surface area contributed by atoms with Crippen molar-refractivity contribution in [3.63, 3.8) is 0 Å². The Labute approximate surface area is 110 Å². The Balaban J connectivity index is 1.70. The number of nitrogens with zero attached hydrogens (tertiary/aromatic N) is 1. The van der Waals surface area contributed by atoms with Gasteiger partial charge in [-0.25, -0.2) is 5.10 Å². The highest BCUT2D eigenvalue weighted by molar-refractivity contribution is 5.31. The molecule has 0 saturated carbocycles. The Hall–Kier alpha value is -2.75. The number of para-hydroxylation sites is 2. The van der Waals surface area contributed by atoms with Gasteiger partial charge in [-0.15, -0.1) is 5.10 Å². The smallest absolute Gasteiger partial charge is 0.241 e. The lowest BCUT2D eigenvalue weighted by atomic mass is 10.3. The lowest BCUT2D eigenvalue weighted by Crippen LogP contribution is -1.82. The van der Waals surface area contributed by atoms with Crippen molar-refractivity contribution in [2.75, 3.05) is 0 Å². The zero-order chi connectivity index (χ0) is 12.9. The Bertz CT molecular complexity index is 580. The SMILES string of the molecule is c1ccc(Oc2cc(Oc3ccccc3)[nH]n2)cc1. The van der Waals surface area contributed by atoms with Crippen LogP contribution in [0, 0.1) is 0 Å². The van der Waals surface area contributed by atoms with Gasteiger partial charge in [-0.2, -0.15) is 0 Å². The average molecular weight is 252 g/mol. The summed E-state index contributed by atoms with van der Waals surface area (Å²) >= 11 is 0. The lowest BCUT2D eigenvalue weighted by molar-refractivity contribution is 0.461. The van der Waals surface area contributed by atoms with E-state index in [1.807, 2.05) is 60.7 Å². The maximum absolute atomic E-state index is 5.60. The van der Waals surface area contributed by atoms with Crippen molar-refractivity contribution in [3.8, 4) is 23.3 Å². The number of aromatic nitrogens is 2. The largest absolute Gasteiger partial charge is 0.439 e. The van der Waals surface area contributed by atoms with Gasteiger partial charge in [-0.1, -0.05) is 36.4 Å². The fourth-order valence-corrected chi connectivity index (χ4v) is 1.62. The molecule has 94 valence electrons. The Morgan fingerprint density at radius 3 is 1.95 bits per heavy atom. The number of hydrogen-bond acceptors (Lipinski definition) is 3. The topological polar surface area (TPSA) is 47.1 Å². The third kappa shape index (κ3) is 2.93. The summed E-state index contributed by atoms with van der Waals surface area (Å²) in [6.45, 7) is 0. The zero-order valence-electron chi connectivity index (χ0n) is 10.1. The summed E-state index contributed by atoms with van der Waals surface area (Å²) in [6, 6.07) is 20.7. The van der Waals surface area contributed by atoms with Gasteiger partial charge in [0, 0.05) is 0 Å². The molecule has 0 aliphatic carbocycles. The van der Waals surface area contributed by atoms with Crippen LogP contribution in [0.1, 0.15) is 0 Å². The lowest BCUT2D eigenvalue weighted by Gasteiger charge is -2.00. The average Bonchev–Trinajstić information content (AvgIpc) is 2.88. The first-order chi connectivity index (χ1) is 9.40. The molecule has 1 aromatic heterocycles. The van der Waals surface area contributed by atoms with Gasteiger partial charge in [0.25, 0.3) is 0 Å². The van der Waals surface area contributed by atoms with E-state index in [0.29, 0.717) is 11.8 Å². The number of ether oxygens (including phenoxy) is 2. The van der Waals surface area contributed by atoms with Crippen molar-refractivity contribution >= 4 is 0 Å². The molecule has 0 amide bonds. The van der Waals surface area contributed by atoms with Crippen LogP contribution in [0.3, 0.4) is 0 Å². The van der Waals surface area contributed by atoms with E-state index < -0.39 is 0 Å². The van der Waals surface area contributed by atoms with E-state index in [-0.39, 0.29) is 0 Å². The van der Waals surface area contributed by atoms with Gasteiger partial charge in [0.1, 0.15) is 11.5 Å². The number of aromatic amines is 1. The van der Waals surface area contributed by atoms with Crippen molar-refractivity contribution < 1.29 is 9.47 Å². The molecule has 0 unspecified atom stereocenters. The molecular weight excluding hydrogens is 240 g/mol. The molecule has 4 heteroatoms. The van der Waals surface area contributed by atoms with Crippen LogP contribution in [-0.2, 0) is 0 Å². The second-order valence-electron chi connectivity index (χ2n) is 3.90. The van der Waals surface area contributed by atoms with E-state index >= 15 is 0 Å². The predicted octanol–water partition coefficient (Wildman–Crippen LogP) is 3.99. The van der Waals surface area contributed by atoms with Gasteiger partial charge in [-0.05, 0) is 24.3 Å². The zero-order valence-corrected chi connectivity index (χ0v) is 10.1. The number of rotatable bonds is 4. The Morgan fingerprint density at radius 2 is 1.32 bits per heavy atom. The summed E-state index contributed by atoms with van der Waals surface area (Å²) in [5.41, 5.74) is 0. The van der Waals surface area contributed by atoms with Crippen molar-refractivity contribution in [1.82, 2.24) is 10.2 Å². The van der Waals surface area contributed by atoms with Crippen LogP contribution in [0.5, 0.6) is 23.3 Å². The van der Waals surface area contributed by atoms with Crippen molar-refractivity contribution in [1.29, 1.82) is 0 Å². The number of hydrogen-bond donors (Lipinski definition) is 1. The van der Waals surface area contributed by atoms with Crippen molar-refractivity contribution in [2.24, 2.45) is 0 Å². The van der Waals surface area contributed by atoms with Crippen LogP contribution >= 0.6 is 0 Å². The summed E-state index contributed by atoms with van der Waals surface area (Å²) in [5.74, 6) is 2.49. The van der Waals surface area contributed by atoms with E-state index in [1.165, 1.54) is 0 Å². The van der Waals surface area contributed by atoms with Crippen LogP contribution in [0.2, 0.25) is 0 Å². The monoisotopic (exact) mass is 252 g/mol. The van der Waals surface area contributed by atoms with Gasteiger partial charge in [0.2, 0.25) is 11.8 Å². The normalized spacial score (nSPS) is 10.1. The minimum Gasteiger partial charge on any atom is -0.439 e. The number of benzene rings is 2. The predicted molar refractivity (Wildman–Crippen MR) is 71.6 cm³/mol. The third-order valence-electron chi connectivity index (χ3n) is 2.47. The van der Waals surface area contributed by atoms with Gasteiger partial charge in [0.05, 0.1) is 6.07 Å². The summed E-state index contributed by atoms with van der Waals surface area (Å²) in [4.78, 5) is 0. The summed E-state index contributed by atoms with van der Waals surface area (Å²) in [6.07, 6.45) is 0. The highest BCUT2D eigenvalue weighted by atomic mass is 16.5. The summed E-state index contributed by atoms with van der Waals surface area (Å²) in [5, 5.41) is 6.81. The van der Waals surface area contributed by atoms with Gasteiger partial charge in [0.15, 0.2) is 0 Å². The Morgan fingerprint density at radius 1 is 0.737 bits per heavy atom. The molecule has 19 heavy (non-hydrogen) atoms. The molecule has 3 aromatic rings. The quantitative estimate of drug-likeness (QED) is 0.763. The van der Waals surface area contributed by atoms with Gasteiger partial charge >= 0.3 is 0 Å². The molecule has 0 spiro atoms. The molecule has 0 saturated heterocycles. The minimum absolute atomic E-state index is 0.470. The van der Waals surface area contributed by atoms with Gasteiger partial charge in [-0.3, -0.25) is 0 Å². The number of H-pyrrole nitrogens is 1. The molecule has 4 nitrogen and oxygen atoms in total. The minimum atomic E-state index is 0.470. The molecular formula is C15H12N2O2. The van der Waals surface area contributed by atoms with E-state index in [4.69, 9.17) is 9.47 Å². The van der Waals surface area contributed by atoms with E-state index in [0.717, 1.165) is 11.5 Å². The molecule has 1 heterocycles. The van der Waals surface area contributed by atoms with E-state index in [9.17, 15) is 0 Å². The highest BCUT2D eigenvalue weighted by Crippen LogP contribution is 2.25. The first kappa shape index (κ1) is 11.3. The standard InChI is InChI=1S/C15H12N2O2/c1-3-7-12(8-4-1)18-14-11-15(17-16-14)19-13-9-5-2-6-10-13/h1-11H,(H,16,17). The molecule has 0 atom stereocenters. The molecule has 0 radical (unpaired) electrons. The Kier molecular flexibility index (Phi) is 3.14. The first-order valence-corrected chi connectivity index (χ1v) is 5.91. The van der Waals surface area contributed by atoms with Crippen molar-refractivity contribution in [3.05, 3.63) is 66.7 Å². The fourth-order valence-electron chi connectivity index (χ4n) is 1.62. The molecule has 1 N–H and O–H groups in total. The number of nitrogens with one attached hydrogen (secondary N) is 1. The van der Waals surface area contributed by atoms with Crippen molar-refractivity contribution in [2.45, 2.75) is 0 Å². The fraction of sp³-hybridized carbons (Fsp3) is 0. The van der Waals surface area contributed by atoms with Crippen LogP contribution in [0.15, 0.2) is 66.7 Å². The summed E-state index contributed by atoms with van der Waals surface area (Å²) in [7, 11) is 0. The first-order valence-electron chi connectivity index (χ1n) is 5.91. The van der Waals surface area contributed by atoms with Crippen LogP contribution < -0.4 is 9.47 Å². The van der Waals surface area contributed by atoms with E-state index in [1.54, 1.807) is 6.07 Å². The van der Waals surface area contributed by atoms with Crippen LogP contribution in [-0.4, -0.2) is 10.2 Å². The van der Waals surface area contributed by atoms with Crippen LogP contribution in [0.4, 0.5) is 0 Å². The molecule has 0 fully saturated rings. The van der Waals surface area contributed by atoms with Gasteiger partial charge < -0.3 is 9.47 Å². The maximum Gasteiger partial charge on any atom is 0.241 e. The maximum atomic E-state index is 5.60. The second-order valence-corrected chi connectivity index (χ2v) is 3.90.